The van der Waals surface area contributed by atoms with Crippen LogP contribution in [0.5, 0.6) is 11.5 Å². The summed E-state index contributed by atoms with van der Waals surface area (Å²) in [6, 6.07) is 9.60. The second-order valence-corrected chi connectivity index (χ2v) is 4.96. The molecule has 0 aliphatic heterocycles. The van der Waals surface area contributed by atoms with Crippen molar-refractivity contribution >= 4 is 0 Å². The Morgan fingerprint density at radius 1 is 0.833 bits per heavy atom. The molecule has 0 saturated heterocycles. The molecule has 0 bridgehead atoms. The van der Waals surface area contributed by atoms with Crippen molar-refractivity contribution in [1.29, 1.82) is 0 Å². The lowest BCUT2D eigenvalue weighted by Crippen LogP contribution is -2.19. The maximum absolute atomic E-state index is 12.2. The first kappa shape index (κ1) is 18.0. The first-order chi connectivity index (χ1) is 11.0. The fourth-order valence-electron chi connectivity index (χ4n) is 1.94. The zero-order valence-electron chi connectivity index (χ0n) is 12.3. The molecular weight excluding hydrogens is 338 g/mol. The average molecular weight is 350 g/mol. The molecule has 0 atom stereocenters. The van der Waals surface area contributed by atoms with Crippen molar-refractivity contribution in [2.24, 2.45) is 0 Å². The van der Waals surface area contributed by atoms with Crippen molar-refractivity contribution in [3.63, 3.8) is 0 Å². The van der Waals surface area contributed by atoms with Gasteiger partial charge in [-0.1, -0.05) is 24.3 Å². The molecule has 130 valence electrons. The lowest BCUT2D eigenvalue weighted by Gasteiger charge is -2.13. The van der Waals surface area contributed by atoms with E-state index in [1.807, 2.05) is 0 Å². The number of halogens is 6. The summed E-state index contributed by atoms with van der Waals surface area (Å²) in [7, 11) is 0. The summed E-state index contributed by atoms with van der Waals surface area (Å²) in [5, 5.41) is 0. The topological polar surface area (TPSA) is 18.5 Å². The SMILES string of the molecule is Cc1ccc(-c2ccc(OC(F)(F)F)cc2)cc1OCC(F)(F)F. The molecule has 0 spiro atoms. The van der Waals surface area contributed by atoms with Gasteiger partial charge in [0.2, 0.25) is 0 Å². The van der Waals surface area contributed by atoms with Gasteiger partial charge in [-0.3, -0.25) is 0 Å². The van der Waals surface area contributed by atoms with E-state index in [-0.39, 0.29) is 11.5 Å². The van der Waals surface area contributed by atoms with Gasteiger partial charge in [0.1, 0.15) is 11.5 Å². The third kappa shape index (κ3) is 5.36. The minimum absolute atomic E-state index is 0.0560. The Morgan fingerprint density at radius 3 is 1.96 bits per heavy atom. The zero-order chi connectivity index (χ0) is 18.0. The highest BCUT2D eigenvalue weighted by Gasteiger charge is 2.31. The molecule has 0 unspecified atom stereocenters. The first-order valence-electron chi connectivity index (χ1n) is 6.70. The molecule has 24 heavy (non-hydrogen) atoms. The predicted molar refractivity (Wildman–Crippen MR) is 74.8 cm³/mol. The van der Waals surface area contributed by atoms with Crippen molar-refractivity contribution < 1.29 is 35.8 Å². The zero-order valence-corrected chi connectivity index (χ0v) is 12.3. The van der Waals surface area contributed by atoms with Crippen LogP contribution in [-0.2, 0) is 0 Å². The van der Waals surface area contributed by atoms with Crippen LogP contribution >= 0.6 is 0 Å². The van der Waals surface area contributed by atoms with Gasteiger partial charge in [-0.2, -0.15) is 13.2 Å². The molecular formula is C16H12F6O2. The lowest BCUT2D eigenvalue weighted by atomic mass is 10.0. The number of ether oxygens (including phenoxy) is 2. The molecule has 0 heterocycles. The Labute approximate surface area is 133 Å². The van der Waals surface area contributed by atoms with E-state index >= 15 is 0 Å². The number of aryl methyl sites for hydroxylation is 1. The van der Waals surface area contributed by atoms with Gasteiger partial charge in [-0.15, -0.1) is 13.2 Å². The Morgan fingerprint density at radius 2 is 1.42 bits per heavy atom. The van der Waals surface area contributed by atoms with E-state index in [4.69, 9.17) is 4.74 Å². The molecule has 0 aliphatic rings. The minimum Gasteiger partial charge on any atom is -0.484 e. The average Bonchev–Trinajstić information content (AvgIpc) is 2.45. The van der Waals surface area contributed by atoms with Gasteiger partial charge in [0.15, 0.2) is 6.61 Å². The van der Waals surface area contributed by atoms with E-state index < -0.39 is 19.1 Å². The summed E-state index contributed by atoms with van der Waals surface area (Å²) in [5.74, 6) is -0.327. The van der Waals surface area contributed by atoms with Crippen LogP contribution in [0.2, 0.25) is 0 Å². The highest BCUT2D eigenvalue weighted by atomic mass is 19.4. The van der Waals surface area contributed by atoms with E-state index in [1.165, 1.54) is 18.2 Å². The summed E-state index contributed by atoms with van der Waals surface area (Å²) in [6.07, 6.45) is -9.25. The van der Waals surface area contributed by atoms with Crippen LogP contribution in [0, 0.1) is 6.92 Å². The number of rotatable bonds is 4. The maximum Gasteiger partial charge on any atom is 0.573 e. The van der Waals surface area contributed by atoms with E-state index in [1.54, 1.807) is 19.1 Å². The second-order valence-electron chi connectivity index (χ2n) is 4.96. The molecule has 0 N–H and O–H groups in total. The molecule has 0 fully saturated rings. The molecule has 0 saturated carbocycles. The smallest absolute Gasteiger partial charge is 0.484 e. The van der Waals surface area contributed by atoms with Crippen LogP contribution in [0.15, 0.2) is 42.5 Å². The standard InChI is InChI=1S/C16H12F6O2/c1-10-2-3-12(8-14(10)23-9-15(17,18)19)11-4-6-13(7-5-11)24-16(20,21)22/h2-8H,9H2,1H3. The van der Waals surface area contributed by atoms with Gasteiger partial charge >= 0.3 is 12.5 Å². The summed E-state index contributed by atoms with van der Waals surface area (Å²) >= 11 is 0. The van der Waals surface area contributed by atoms with Crippen LogP contribution < -0.4 is 9.47 Å². The number of hydrogen-bond acceptors (Lipinski definition) is 2. The summed E-state index contributed by atoms with van der Waals surface area (Å²) < 4.78 is 81.6. The molecule has 2 rings (SSSR count). The highest BCUT2D eigenvalue weighted by molar-refractivity contribution is 5.66. The van der Waals surface area contributed by atoms with Gasteiger partial charge in [0.05, 0.1) is 0 Å². The summed E-state index contributed by atoms with van der Waals surface area (Å²) in [5.41, 5.74) is 1.54. The first-order valence-corrected chi connectivity index (χ1v) is 6.70. The molecule has 2 aromatic rings. The molecule has 2 aromatic carbocycles. The van der Waals surface area contributed by atoms with Crippen LogP contribution in [-0.4, -0.2) is 19.1 Å². The number of benzene rings is 2. The third-order valence-electron chi connectivity index (χ3n) is 3.00. The van der Waals surface area contributed by atoms with Crippen LogP contribution in [0.3, 0.4) is 0 Å². The van der Waals surface area contributed by atoms with Crippen LogP contribution in [0.25, 0.3) is 11.1 Å². The lowest BCUT2D eigenvalue weighted by molar-refractivity contribution is -0.274. The van der Waals surface area contributed by atoms with Crippen molar-refractivity contribution in [3.05, 3.63) is 48.0 Å². The van der Waals surface area contributed by atoms with Crippen molar-refractivity contribution in [2.75, 3.05) is 6.61 Å². The van der Waals surface area contributed by atoms with Crippen molar-refractivity contribution in [1.82, 2.24) is 0 Å². The van der Waals surface area contributed by atoms with Gasteiger partial charge in [-0.05, 0) is 41.8 Å². The van der Waals surface area contributed by atoms with E-state index in [0.717, 1.165) is 12.1 Å². The summed E-state index contributed by atoms with van der Waals surface area (Å²) in [6.45, 7) is 0.172. The highest BCUT2D eigenvalue weighted by Crippen LogP contribution is 2.30. The monoisotopic (exact) mass is 350 g/mol. The quantitative estimate of drug-likeness (QED) is 0.678. The molecule has 2 nitrogen and oxygen atoms in total. The van der Waals surface area contributed by atoms with E-state index in [2.05, 4.69) is 4.74 Å². The minimum atomic E-state index is -4.79. The third-order valence-corrected chi connectivity index (χ3v) is 3.00. The fourth-order valence-corrected chi connectivity index (χ4v) is 1.94. The largest absolute Gasteiger partial charge is 0.573 e. The van der Waals surface area contributed by atoms with E-state index in [9.17, 15) is 26.3 Å². The Kier molecular flexibility index (Phi) is 4.96. The van der Waals surface area contributed by atoms with Crippen molar-refractivity contribution in [2.45, 2.75) is 19.5 Å². The predicted octanol–water partition coefficient (Wildman–Crippen LogP) is 5.50. The Balaban J connectivity index is 2.20. The van der Waals surface area contributed by atoms with Gasteiger partial charge < -0.3 is 9.47 Å². The fraction of sp³-hybridized carbons (Fsp3) is 0.250. The van der Waals surface area contributed by atoms with Gasteiger partial charge in [-0.25, -0.2) is 0 Å². The molecule has 0 aromatic heterocycles. The molecule has 0 amide bonds. The van der Waals surface area contributed by atoms with Gasteiger partial charge in [0.25, 0.3) is 0 Å². The molecule has 0 aliphatic carbocycles. The molecule has 8 heteroatoms. The maximum atomic E-state index is 12.2. The second kappa shape index (κ2) is 6.62. The van der Waals surface area contributed by atoms with E-state index in [0.29, 0.717) is 16.7 Å². The van der Waals surface area contributed by atoms with Crippen molar-refractivity contribution in [3.8, 4) is 22.6 Å². The summed E-state index contributed by atoms with van der Waals surface area (Å²) in [4.78, 5) is 0. The van der Waals surface area contributed by atoms with Crippen LogP contribution in [0.4, 0.5) is 26.3 Å². The molecule has 0 radical (unpaired) electrons. The number of hydrogen-bond donors (Lipinski definition) is 0. The normalized spacial score (nSPS) is 12.1. The Bertz CT molecular complexity index is 689. The number of alkyl halides is 6. The van der Waals surface area contributed by atoms with Gasteiger partial charge in [0, 0.05) is 0 Å². The Hall–Kier alpha value is -2.38. The van der Waals surface area contributed by atoms with Crippen LogP contribution in [0.1, 0.15) is 5.56 Å².